The topological polar surface area (TPSA) is 95.9 Å². The molecule has 1 aliphatic rings. The highest BCUT2D eigenvalue weighted by Crippen LogP contribution is 2.31. The van der Waals surface area contributed by atoms with Crippen LogP contribution < -0.4 is 15.0 Å². The lowest BCUT2D eigenvalue weighted by atomic mass is 10.1. The Morgan fingerprint density at radius 2 is 2.17 bits per heavy atom. The molecule has 0 saturated heterocycles. The molecule has 1 unspecified atom stereocenters. The zero-order chi connectivity index (χ0) is 17.5. The molecule has 0 saturated carbocycles. The van der Waals surface area contributed by atoms with Crippen molar-refractivity contribution in [3.63, 3.8) is 0 Å². The number of carboxylic acids is 1. The fourth-order valence-corrected chi connectivity index (χ4v) is 2.42. The maximum atomic E-state index is 12.0. The Labute approximate surface area is 139 Å². The first kappa shape index (κ1) is 17.5. The Bertz CT molecular complexity index is 644. The van der Waals surface area contributed by atoms with Crippen LogP contribution in [-0.2, 0) is 14.4 Å². The van der Waals surface area contributed by atoms with Crippen LogP contribution in [0.5, 0.6) is 5.75 Å². The number of amides is 2. The normalized spacial score (nSPS) is 14.3. The lowest BCUT2D eigenvalue weighted by Gasteiger charge is -2.29. The Morgan fingerprint density at radius 3 is 2.88 bits per heavy atom. The van der Waals surface area contributed by atoms with Gasteiger partial charge >= 0.3 is 5.97 Å². The third kappa shape index (κ3) is 4.34. The summed E-state index contributed by atoms with van der Waals surface area (Å²) < 4.78 is 5.33. The number of benzene rings is 1. The van der Waals surface area contributed by atoms with Crippen LogP contribution in [-0.4, -0.2) is 42.1 Å². The molecule has 0 spiro atoms. The molecule has 2 amide bonds. The lowest BCUT2D eigenvalue weighted by molar-refractivity contribution is -0.142. The summed E-state index contributed by atoms with van der Waals surface area (Å²) in [5.74, 6) is -1.14. The number of rotatable bonds is 8. The smallest absolute Gasteiger partial charge is 0.326 e. The van der Waals surface area contributed by atoms with Crippen molar-refractivity contribution in [1.82, 2.24) is 5.32 Å². The van der Waals surface area contributed by atoms with E-state index in [9.17, 15) is 14.4 Å². The molecule has 128 valence electrons. The SMILES string of the molecule is C=CCCC(NC(=O)CCN1C(=O)COc2ccccc21)C(=O)O. The number of nitrogens with zero attached hydrogens (tertiary/aromatic N) is 1. The molecule has 2 N–H and O–H groups in total. The van der Waals surface area contributed by atoms with E-state index in [0.717, 1.165) is 0 Å². The number of fused-ring (bicyclic) bond motifs is 1. The fraction of sp³-hybridized carbons (Fsp3) is 0.353. The molecule has 7 nitrogen and oxygen atoms in total. The minimum Gasteiger partial charge on any atom is -0.482 e. The van der Waals surface area contributed by atoms with Crippen molar-refractivity contribution >= 4 is 23.5 Å². The van der Waals surface area contributed by atoms with E-state index in [0.29, 0.717) is 17.9 Å². The number of nitrogens with one attached hydrogen (secondary N) is 1. The predicted molar refractivity (Wildman–Crippen MR) is 87.9 cm³/mol. The number of aliphatic carboxylic acids is 1. The molecule has 0 aliphatic carbocycles. The first-order chi connectivity index (χ1) is 11.5. The van der Waals surface area contributed by atoms with Crippen molar-refractivity contribution in [3.05, 3.63) is 36.9 Å². The number of ether oxygens (including phenoxy) is 1. The van der Waals surface area contributed by atoms with Crippen LogP contribution >= 0.6 is 0 Å². The number of carboxylic acid groups (broad SMARTS) is 1. The van der Waals surface area contributed by atoms with E-state index in [-0.39, 0.29) is 31.9 Å². The molecule has 1 heterocycles. The van der Waals surface area contributed by atoms with Gasteiger partial charge in [0.25, 0.3) is 5.91 Å². The monoisotopic (exact) mass is 332 g/mol. The van der Waals surface area contributed by atoms with Crippen LogP contribution in [0.4, 0.5) is 5.69 Å². The molecule has 7 heteroatoms. The molecule has 1 atom stereocenters. The third-order valence-electron chi connectivity index (χ3n) is 3.66. The van der Waals surface area contributed by atoms with E-state index in [1.54, 1.807) is 30.3 Å². The lowest BCUT2D eigenvalue weighted by Crippen LogP contribution is -2.44. The molecule has 1 aliphatic heterocycles. The van der Waals surface area contributed by atoms with E-state index in [1.807, 2.05) is 0 Å². The van der Waals surface area contributed by atoms with Crippen molar-refractivity contribution in [2.24, 2.45) is 0 Å². The zero-order valence-corrected chi connectivity index (χ0v) is 13.2. The number of carbonyl (C=O) groups excluding carboxylic acids is 2. The fourth-order valence-electron chi connectivity index (χ4n) is 2.42. The van der Waals surface area contributed by atoms with Gasteiger partial charge in [-0.15, -0.1) is 6.58 Å². The molecular formula is C17H20N2O5. The second kappa shape index (κ2) is 8.14. The molecule has 0 fully saturated rings. The summed E-state index contributed by atoms with van der Waals surface area (Å²) in [5.41, 5.74) is 0.614. The average molecular weight is 332 g/mol. The number of para-hydroxylation sites is 2. The summed E-state index contributed by atoms with van der Waals surface area (Å²) in [6, 6.07) is 6.13. The van der Waals surface area contributed by atoms with Crippen LogP contribution in [0.15, 0.2) is 36.9 Å². The Balaban J connectivity index is 1.95. The number of hydrogen-bond donors (Lipinski definition) is 2. The highest BCUT2D eigenvalue weighted by Gasteiger charge is 2.26. The Hall–Kier alpha value is -2.83. The number of hydrogen-bond acceptors (Lipinski definition) is 4. The number of anilines is 1. The van der Waals surface area contributed by atoms with Crippen molar-refractivity contribution in [1.29, 1.82) is 0 Å². The van der Waals surface area contributed by atoms with Gasteiger partial charge in [-0.25, -0.2) is 4.79 Å². The summed E-state index contributed by atoms with van der Waals surface area (Å²) in [6.07, 6.45) is 2.39. The third-order valence-corrected chi connectivity index (χ3v) is 3.66. The molecule has 0 aromatic heterocycles. The van der Waals surface area contributed by atoms with Crippen LogP contribution in [0.2, 0.25) is 0 Å². The Morgan fingerprint density at radius 1 is 1.42 bits per heavy atom. The zero-order valence-electron chi connectivity index (χ0n) is 13.2. The summed E-state index contributed by atoms with van der Waals surface area (Å²) in [4.78, 5) is 36.6. The average Bonchev–Trinajstić information content (AvgIpc) is 2.57. The molecule has 0 radical (unpaired) electrons. The standard InChI is InChI=1S/C17H20N2O5/c1-2-3-6-12(17(22)23)18-15(20)9-10-19-13-7-4-5-8-14(13)24-11-16(19)21/h2,4-5,7-8,12H,1,3,6,9-11H2,(H,18,20)(H,22,23). The van der Waals surface area contributed by atoms with Gasteiger partial charge in [0.2, 0.25) is 5.91 Å². The molecule has 2 rings (SSSR count). The minimum absolute atomic E-state index is 0.0118. The van der Waals surface area contributed by atoms with E-state index < -0.39 is 17.9 Å². The molecule has 0 bridgehead atoms. The summed E-state index contributed by atoms with van der Waals surface area (Å²) in [7, 11) is 0. The first-order valence-electron chi connectivity index (χ1n) is 7.68. The van der Waals surface area contributed by atoms with Crippen LogP contribution in [0, 0.1) is 0 Å². The first-order valence-corrected chi connectivity index (χ1v) is 7.68. The van der Waals surface area contributed by atoms with Crippen molar-refractivity contribution < 1.29 is 24.2 Å². The van der Waals surface area contributed by atoms with Gasteiger partial charge in [-0.05, 0) is 25.0 Å². The van der Waals surface area contributed by atoms with Gasteiger partial charge in [-0.1, -0.05) is 18.2 Å². The van der Waals surface area contributed by atoms with Crippen molar-refractivity contribution in [3.8, 4) is 5.75 Å². The van der Waals surface area contributed by atoms with E-state index in [2.05, 4.69) is 11.9 Å². The minimum atomic E-state index is -1.09. The van der Waals surface area contributed by atoms with Crippen LogP contribution in [0.25, 0.3) is 0 Å². The molecular weight excluding hydrogens is 312 g/mol. The maximum Gasteiger partial charge on any atom is 0.326 e. The van der Waals surface area contributed by atoms with Gasteiger partial charge in [0.05, 0.1) is 5.69 Å². The summed E-state index contributed by atoms with van der Waals surface area (Å²) >= 11 is 0. The van der Waals surface area contributed by atoms with Crippen LogP contribution in [0.1, 0.15) is 19.3 Å². The van der Waals surface area contributed by atoms with Gasteiger partial charge in [-0.3, -0.25) is 9.59 Å². The maximum absolute atomic E-state index is 12.0. The van der Waals surface area contributed by atoms with Gasteiger partial charge in [0, 0.05) is 13.0 Å². The number of carbonyl (C=O) groups is 3. The highest BCUT2D eigenvalue weighted by molar-refractivity contribution is 5.98. The van der Waals surface area contributed by atoms with Crippen molar-refractivity contribution in [2.45, 2.75) is 25.3 Å². The van der Waals surface area contributed by atoms with E-state index >= 15 is 0 Å². The van der Waals surface area contributed by atoms with Gasteiger partial charge in [-0.2, -0.15) is 0 Å². The van der Waals surface area contributed by atoms with E-state index in [1.165, 1.54) is 4.90 Å². The van der Waals surface area contributed by atoms with Crippen LogP contribution in [0.3, 0.4) is 0 Å². The summed E-state index contributed by atoms with van der Waals surface area (Å²) in [6.45, 7) is 3.63. The Kier molecular flexibility index (Phi) is 5.95. The predicted octanol–water partition coefficient (Wildman–Crippen LogP) is 1.34. The molecule has 24 heavy (non-hydrogen) atoms. The molecule has 1 aromatic rings. The second-order valence-corrected chi connectivity index (χ2v) is 5.38. The quantitative estimate of drug-likeness (QED) is 0.700. The van der Waals surface area contributed by atoms with Gasteiger partial charge in [0.15, 0.2) is 6.61 Å². The van der Waals surface area contributed by atoms with Crippen molar-refractivity contribution in [2.75, 3.05) is 18.1 Å². The number of allylic oxidation sites excluding steroid dienone is 1. The van der Waals surface area contributed by atoms with Gasteiger partial charge in [0.1, 0.15) is 11.8 Å². The van der Waals surface area contributed by atoms with E-state index in [4.69, 9.17) is 9.84 Å². The molecule has 1 aromatic carbocycles. The summed E-state index contributed by atoms with van der Waals surface area (Å²) in [5, 5.41) is 11.6. The largest absolute Gasteiger partial charge is 0.482 e. The second-order valence-electron chi connectivity index (χ2n) is 5.38. The van der Waals surface area contributed by atoms with Gasteiger partial charge < -0.3 is 20.1 Å². The highest BCUT2D eigenvalue weighted by atomic mass is 16.5.